The van der Waals surface area contributed by atoms with Crippen molar-refractivity contribution in [3.05, 3.63) is 66.2 Å². The molecule has 0 amide bonds. The third-order valence-corrected chi connectivity index (χ3v) is 3.62. The molecule has 0 saturated heterocycles. The zero-order valence-corrected chi connectivity index (χ0v) is 13.6. The largest absolute Gasteiger partial charge is 0.497 e. The van der Waals surface area contributed by atoms with E-state index >= 15 is 0 Å². The summed E-state index contributed by atoms with van der Waals surface area (Å²) in [5.41, 5.74) is 2.43. The molecule has 0 atom stereocenters. The van der Waals surface area contributed by atoms with Crippen LogP contribution in [-0.4, -0.2) is 17.9 Å². The Morgan fingerprint density at radius 2 is 2.04 bits per heavy atom. The molecular weight excluding hydrogens is 304 g/mol. The monoisotopic (exact) mass is 322 g/mol. The number of carbonyl (C=O) groups excluding carboxylic acids is 1. The van der Waals surface area contributed by atoms with Crippen LogP contribution in [0.4, 0.5) is 5.69 Å². The third kappa shape index (κ3) is 3.63. The topological polar surface area (TPSA) is 64.4 Å². The summed E-state index contributed by atoms with van der Waals surface area (Å²) < 4.78 is 11.0. The summed E-state index contributed by atoms with van der Waals surface area (Å²) in [6, 6.07) is 15.0. The van der Waals surface area contributed by atoms with E-state index in [1.54, 1.807) is 26.3 Å². The molecule has 0 radical (unpaired) electrons. The van der Waals surface area contributed by atoms with Crippen molar-refractivity contribution >= 4 is 11.5 Å². The molecule has 0 aliphatic carbocycles. The van der Waals surface area contributed by atoms with Gasteiger partial charge in [-0.1, -0.05) is 24.3 Å². The Hall–Kier alpha value is -3.08. The average Bonchev–Trinajstić information content (AvgIpc) is 3.09. The minimum absolute atomic E-state index is 0.0371. The van der Waals surface area contributed by atoms with Crippen LogP contribution in [0.2, 0.25) is 0 Å². The lowest BCUT2D eigenvalue weighted by atomic mass is 10.1. The predicted molar refractivity (Wildman–Crippen MR) is 92.3 cm³/mol. The number of oxazole rings is 1. The number of methoxy groups -OCH3 is 1. The van der Waals surface area contributed by atoms with Gasteiger partial charge in [-0.25, -0.2) is 4.98 Å². The number of anilines is 1. The van der Waals surface area contributed by atoms with Crippen LogP contribution in [0.3, 0.4) is 0 Å². The highest BCUT2D eigenvalue weighted by Crippen LogP contribution is 2.24. The van der Waals surface area contributed by atoms with Crippen LogP contribution in [0.5, 0.6) is 5.75 Å². The summed E-state index contributed by atoms with van der Waals surface area (Å²) >= 11 is 0. The lowest BCUT2D eigenvalue weighted by molar-refractivity contribution is 0.101. The zero-order chi connectivity index (χ0) is 16.9. The Labute approximate surface area is 140 Å². The van der Waals surface area contributed by atoms with Crippen molar-refractivity contribution in [1.82, 2.24) is 4.98 Å². The highest BCUT2D eigenvalue weighted by Gasteiger charge is 2.08. The Bertz CT molecular complexity index is 855. The van der Waals surface area contributed by atoms with Gasteiger partial charge in [-0.3, -0.25) is 4.79 Å². The third-order valence-electron chi connectivity index (χ3n) is 3.62. The highest BCUT2D eigenvalue weighted by atomic mass is 16.5. The first-order chi connectivity index (χ1) is 11.7. The molecule has 0 aliphatic heterocycles. The second kappa shape index (κ2) is 7.00. The lowest BCUT2D eigenvalue weighted by Gasteiger charge is -2.05. The van der Waals surface area contributed by atoms with Gasteiger partial charge in [-0.2, -0.15) is 0 Å². The van der Waals surface area contributed by atoms with E-state index in [1.165, 1.54) is 0 Å². The number of rotatable bonds is 6. The van der Waals surface area contributed by atoms with Gasteiger partial charge in [0.2, 0.25) is 5.89 Å². The molecule has 5 nitrogen and oxygen atoms in total. The number of ketones is 1. The molecule has 0 saturated carbocycles. The van der Waals surface area contributed by atoms with E-state index < -0.39 is 0 Å². The van der Waals surface area contributed by atoms with Crippen molar-refractivity contribution in [1.29, 1.82) is 0 Å². The second-order valence-electron chi connectivity index (χ2n) is 5.34. The molecule has 3 rings (SSSR count). The number of ether oxygens (including phenoxy) is 1. The normalized spacial score (nSPS) is 10.4. The molecule has 2 aromatic carbocycles. The molecular formula is C19H18N2O3. The van der Waals surface area contributed by atoms with Crippen LogP contribution >= 0.6 is 0 Å². The van der Waals surface area contributed by atoms with Crippen LogP contribution in [-0.2, 0) is 6.54 Å². The molecule has 5 heteroatoms. The second-order valence-corrected chi connectivity index (χ2v) is 5.34. The maximum Gasteiger partial charge on any atom is 0.214 e. The standard InChI is InChI=1S/C19H18N2O3/c1-13(22)14-5-3-7-16(9-14)20-12-19-21-11-18(24-19)15-6-4-8-17(10-15)23-2/h3-11,20H,12H2,1-2H3. The summed E-state index contributed by atoms with van der Waals surface area (Å²) in [5.74, 6) is 2.06. The van der Waals surface area contributed by atoms with Crippen molar-refractivity contribution in [2.75, 3.05) is 12.4 Å². The molecule has 122 valence electrons. The average molecular weight is 322 g/mol. The first kappa shape index (κ1) is 15.8. The number of carbonyl (C=O) groups is 1. The van der Waals surface area contributed by atoms with Crippen LogP contribution in [0.25, 0.3) is 11.3 Å². The maximum atomic E-state index is 11.4. The number of nitrogens with zero attached hydrogens (tertiary/aromatic N) is 1. The summed E-state index contributed by atoms with van der Waals surface area (Å²) in [7, 11) is 1.63. The number of Topliss-reactive ketones (excluding diaryl/α,β-unsaturated/α-hetero) is 1. The van der Waals surface area contributed by atoms with Crippen LogP contribution in [0, 0.1) is 0 Å². The van der Waals surface area contributed by atoms with E-state index in [1.807, 2.05) is 42.5 Å². The fraction of sp³-hybridized carbons (Fsp3) is 0.158. The number of hydrogen-bond donors (Lipinski definition) is 1. The lowest BCUT2D eigenvalue weighted by Crippen LogP contribution is -2.01. The van der Waals surface area contributed by atoms with Gasteiger partial charge >= 0.3 is 0 Å². The Kier molecular flexibility index (Phi) is 4.61. The minimum Gasteiger partial charge on any atom is -0.497 e. The van der Waals surface area contributed by atoms with Crippen molar-refractivity contribution in [2.45, 2.75) is 13.5 Å². The molecule has 3 aromatic rings. The Morgan fingerprint density at radius 3 is 2.83 bits per heavy atom. The quantitative estimate of drug-likeness (QED) is 0.690. The molecule has 0 spiro atoms. The molecule has 0 aliphatic rings. The van der Waals surface area contributed by atoms with Crippen LogP contribution < -0.4 is 10.1 Å². The van der Waals surface area contributed by atoms with Crippen molar-refractivity contribution in [3.8, 4) is 17.1 Å². The van der Waals surface area contributed by atoms with Gasteiger partial charge in [0.1, 0.15) is 5.75 Å². The first-order valence-electron chi connectivity index (χ1n) is 7.60. The smallest absolute Gasteiger partial charge is 0.214 e. The number of benzene rings is 2. The molecule has 1 heterocycles. The fourth-order valence-electron chi connectivity index (χ4n) is 2.33. The van der Waals surface area contributed by atoms with Gasteiger partial charge in [0, 0.05) is 16.8 Å². The SMILES string of the molecule is COc1cccc(-c2cnc(CNc3cccc(C(C)=O)c3)o2)c1. The van der Waals surface area contributed by atoms with Gasteiger partial charge in [-0.15, -0.1) is 0 Å². The van der Waals surface area contributed by atoms with Gasteiger partial charge in [-0.05, 0) is 31.2 Å². The number of aromatic nitrogens is 1. The molecule has 24 heavy (non-hydrogen) atoms. The van der Waals surface area contributed by atoms with Gasteiger partial charge in [0.05, 0.1) is 19.9 Å². The summed E-state index contributed by atoms with van der Waals surface area (Å²) in [5, 5.41) is 3.21. The van der Waals surface area contributed by atoms with E-state index in [0.717, 1.165) is 17.0 Å². The van der Waals surface area contributed by atoms with E-state index in [2.05, 4.69) is 10.3 Å². The number of hydrogen-bond acceptors (Lipinski definition) is 5. The molecule has 1 aromatic heterocycles. The summed E-state index contributed by atoms with van der Waals surface area (Å²) in [6.45, 7) is 1.99. The van der Waals surface area contributed by atoms with Crippen molar-refractivity contribution in [2.24, 2.45) is 0 Å². The maximum absolute atomic E-state index is 11.4. The van der Waals surface area contributed by atoms with Crippen LogP contribution in [0.1, 0.15) is 23.2 Å². The molecule has 1 N–H and O–H groups in total. The van der Waals surface area contributed by atoms with Crippen LogP contribution in [0.15, 0.2) is 59.1 Å². The van der Waals surface area contributed by atoms with E-state index in [-0.39, 0.29) is 5.78 Å². The Morgan fingerprint density at radius 1 is 1.21 bits per heavy atom. The van der Waals surface area contributed by atoms with Crippen molar-refractivity contribution in [3.63, 3.8) is 0 Å². The summed E-state index contributed by atoms with van der Waals surface area (Å²) in [4.78, 5) is 15.7. The van der Waals surface area contributed by atoms with Gasteiger partial charge in [0.15, 0.2) is 11.5 Å². The molecule has 0 bridgehead atoms. The minimum atomic E-state index is 0.0371. The first-order valence-corrected chi connectivity index (χ1v) is 7.60. The van der Waals surface area contributed by atoms with Gasteiger partial charge < -0.3 is 14.5 Å². The fourth-order valence-corrected chi connectivity index (χ4v) is 2.33. The number of nitrogens with one attached hydrogen (secondary N) is 1. The van der Waals surface area contributed by atoms with E-state index in [0.29, 0.717) is 23.8 Å². The Balaban J connectivity index is 1.70. The van der Waals surface area contributed by atoms with E-state index in [9.17, 15) is 4.79 Å². The predicted octanol–water partition coefficient (Wildman–Crippen LogP) is 4.16. The van der Waals surface area contributed by atoms with Gasteiger partial charge in [0.25, 0.3) is 0 Å². The van der Waals surface area contributed by atoms with Crippen molar-refractivity contribution < 1.29 is 13.9 Å². The van der Waals surface area contributed by atoms with E-state index in [4.69, 9.17) is 9.15 Å². The molecule has 0 unspecified atom stereocenters. The molecule has 0 fully saturated rings. The highest BCUT2D eigenvalue weighted by molar-refractivity contribution is 5.94. The summed E-state index contributed by atoms with van der Waals surface area (Å²) in [6.07, 6.45) is 1.69. The zero-order valence-electron chi connectivity index (χ0n) is 13.6.